The highest BCUT2D eigenvalue weighted by Crippen LogP contribution is 2.21. The number of benzene rings is 1. The lowest BCUT2D eigenvalue weighted by atomic mass is 10.1. The van der Waals surface area contributed by atoms with Crippen molar-refractivity contribution in [2.45, 2.75) is 40.5 Å². The molecule has 1 N–H and O–H groups in total. The van der Waals surface area contributed by atoms with Crippen molar-refractivity contribution in [2.75, 3.05) is 25.5 Å². The van der Waals surface area contributed by atoms with Gasteiger partial charge in [0.2, 0.25) is 5.91 Å². The highest BCUT2D eigenvalue weighted by molar-refractivity contribution is 5.93. The third-order valence-electron chi connectivity index (χ3n) is 3.25. The zero-order chi connectivity index (χ0) is 14.4. The Bertz CT molecular complexity index is 417. The molecule has 0 radical (unpaired) electrons. The molecule has 0 fully saturated rings. The van der Waals surface area contributed by atoms with Crippen molar-refractivity contribution in [3.8, 4) is 0 Å². The van der Waals surface area contributed by atoms with Gasteiger partial charge in [0.15, 0.2) is 0 Å². The van der Waals surface area contributed by atoms with Gasteiger partial charge in [-0.15, -0.1) is 0 Å². The summed E-state index contributed by atoms with van der Waals surface area (Å²) in [5, 5.41) is 3.03. The molecule has 0 aliphatic rings. The third kappa shape index (κ3) is 5.03. The van der Waals surface area contributed by atoms with E-state index in [4.69, 9.17) is 0 Å². The standard InChI is InChI=1S/C16H26N2O/c1-6-7-8-18(5)11-15(19)17-16-13(3)9-12(2)10-14(16)4/h9-10H,6-8,11H2,1-5H3,(H,17,19). The van der Waals surface area contributed by atoms with E-state index in [1.165, 1.54) is 5.56 Å². The second kappa shape index (κ2) is 7.29. The maximum absolute atomic E-state index is 12.0. The van der Waals surface area contributed by atoms with E-state index in [2.05, 4.69) is 36.2 Å². The van der Waals surface area contributed by atoms with Crippen LogP contribution in [0.15, 0.2) is 12.1 Å². The summed E-state index contributed by atoms with van der Waals surface area (Å²) < 4.78 is 0. The smallest absolute Gasteiger partial charge is 0.238 e. The summed E-state index contributed by atoms with van der Waals surface area (Å²) in [5.74, 6) is 0.0636. The Kier molecular flexibility index (Phi) is 6.03. The van der Waals surface area contributed by atoms with Crippen LogP contribution in [0.25, 0.3) is 0 Å². The summed E-state index contributed by atoms with van der Waals surface area (Å²) in [5.41, 5.74) is 4.44. The van der Waals surface area contributed by atoms with E-state index in [-0.39, 0.29) is 5.91 Å². The number of unbranched alkanes of at least 4 members (excludes halogenated alkanes) is 1. The number of carbonyl (C=O) groups is 1. The van der Waals surface area contributed by atoms with Crippen LogP contribution in [0.2, 0.25) is 0 Å². The number of amides is 1. The first-order valence-corrected chi connectivity index (χ1v) is 7.00. The molecule has 19 heavy (non-hydrogen) atoms. The molecule has 0 atom stereocenters. The lowest BCUT2D eigenvalue weighted by Crippen LogP contribution is -2.31. The Labute approximate surface area is 117 Å². The molecule has 1 aromatic carbocycles. The van der Waals surface area contributed by atoms with E-state index in [1.54, 1.807) is 0 Å². The monoisotopic (exact) mass is 262 g/mol. The molecule has 0 bridgehead atoms. The van der Waals surface area contributed by atoms with E-state index in [1.807, 2.05) is 20.9 Å². The summed E-state index contributed by atoms with van der Waals surface area (Å²) in [6.07, 6.45) is 2.29. The Hall–Kier alpha value is -1.35. The van der Waals surface area contributed by atoms with Gasteiger partial charge >= 0.3 is 0 Å². The normalized spacial score (nSPS) is 10.8. The highest BCUT2D eigenvalue weighted by atomic mass is 16.2. The van der Waals surface area contributed by atoms with Gasteiger partial charge in [-0.3, -0.25) is 9.69 Å². The van der Waals surface area contributed by atoms with Gasteiger partial charge in [-0.1, -0.05) is 31.0 Å². The van der Waals surface area contributed by atoms with Crippen LogP contribution in [0.1, 0.15) is 36.5 Å². The zero-order valence-electron chi connectivity index (χ0n) is 12.8. The molecule has 0 spiro atoms. The molecule has 0 aliphatic carbocycles. The number of carbonyl (C=O) groups excluding carboxylic acids is 1. The topological polar surface area (TPSA) is 32.3 Å². The fourth-order valence-corrected chi connectivity index (χ4v) is 2.31. The zero-order valence-corrected chi connectivity index (χ0v) is 12.8. The maximum atomic E-state index is 12.0. The number of hydrogen-bond acceptors (Lipinski definition) is 2. The fourth-order valence-electron chi connectivity index (χ4n) is 2.31. The Morgan fingerprint density at radius 1 is 1.21 bits per heavy atom. The van der Waals surface area contributed by atoms with Crippen LogP contribution >= 0.6 is 0 Å². The van der Waals surface area contributed by atoms with Gasteiger partial charge in [-0.2, -0.15) is 0 Å². The molecule has 3 nitrogen and oxygen atoms in total. The number of nitrogens with one attached hydrogen (secondary N) is 1. The largest absolute Gasteiger partial charge is 0.324 e. The average Bonchev–Trinajstić information content (AvgIpc) is 2.31. The molecule has 1 amide bonds. The van der Waals surface area contributed by atoms with E-state index >= 15 is 0 Å². The first-order valence-electron chi connectivity index (χ1n) is 7.00. The van der Waals surface area contributed by atoms with Crippen LogP contribution in [-0.2, 0) is 4.79 Å². The van der Waals surface area contributed by atoms with Crippen LogP contribution < -0.4 is 5.32 Å². The van der Waals surface area contributed by atoms with Crippen molar-refractivity contribution in [3.05, 3.63) is 28.8 Å². The summed E-state index contributed by atoms with van der Waals surface area (Å²) in [6, 6.07) is 4.20. The molecule has 0 saturated carbocycles. The van der Waals surface area contributed by atoms with Gasteiger partial charge in [0.1, 0.15) is 0 Å². The van der Waals surface area contributed by atoms with Crippen molar-refractivity contribution in [1.82, 2.24) is 4.90 Å². The maximum Gasteiger partial charge on any atom is 0.238 e. The van der Waals surface area contributed by atoms with Gasteiger partial charge < -0.3 is 5.32 Å². The number of likely N-dealkylation sites (N-methyl/N-ethyl adjacent to an activating group) is 1. The predicted molar refractivity (Wildman–Crippen MR) is 81.7 cm³/mol. The number of rotatable bonds is 6. The van der Waals surface area contributed by atoms with Crippen LogP contribution in [0, 0.1) is 20.8 Å². The minimum atomic E-state index is 0.0636. The van der Waals surface area contributed by atoms with E-state index in [0.29, 0.717) is 6.54 Å². The van der Waals surface area contributed by atoms with E-state index in [0.717, 1.165) is 36.2 Å². The Balaban J connectivity index is 2.62. The van der Waals surface area contributed by atoms with Crippen LogP contribution in [-0.4, -0.2) is 30.9 Å². The number of nitrogens with zero attached hydrogens (tertiary/aromatic N) is 1. The van der Waals surface area contributed by atoms with Crippen molar-refractivity contribution >= 4 is 11.6 Å². The molecular formula is C16H26N2O. The van der Waals surface area contributed by atoms with Crippen LogP contribution in [0.5, 0.6) is 0 Å². The van der Waals surface area contributed by atoms with Gasteiger partial charge in [0, 0.05) is 5.69 Å². The SMILES string of the molecule is CCCCN(C)CC(=O)Nc1c(C)cc(C)cc1C. The van der Waals surface area contributed by atoms with Crippen LogP contribution in [0.3, 0.4) is 0 Å². The molecule has 1 rings (SSSR count). The summed E-state index contributed by atoms with van der Waals surface area (Å²) in [4.78, 5) is 14.1. The minimum absolute atomic E-state index is 0.0636. The molecule has 0 aliphatic heterocycles. The molecule has 0 unspecified atom stereocenters. The molecule has 1 aromatic rings. The van der Waals surface area contributed by atoms with Crippen molar-refractivity contribution in [2.24, 2.45) is 0 Å². The van der Waals surface area contributed by atoms with Crippen LogP contribution in [0.4, 0.5) is 5.69 Å². The molecular weight excluding hydrogens is 236 g/mol. The fraction of sp³-hybridized carbons (Fsp3) is 0.562. The molecule has 0 heterocycles. The second-order valence-electron chi connectivity index (χ2n) is 5.41. The Morgan fingerprint density at radius 2 is 1.79 bits per heavy atom. The molecule has 0 aromatic heterocycles. The summed E-state index contributed by atoms with van der Waals surface area (Å²) in [7, 11) is 1.99. The number of anilines is 1. The average molecular weight is 262 g/mol. The number of aryl methyl sites for hydroxylation is 3. The second-order valence-corrected chi connectivity index (χ2v) is 5.41. The lowest BCUT2D eigenvalue weighted by molar-refractivity contribution is -0.117. The highest BCUT2D eigenvalue weighted by Gasteiger charge is 2.10. The van der Waals surface area contributed by atoms with Gasteiger partial charge in [-0.05, 0) is 51.9 Å². The van der Waals surface area contributed by atoms with Gasteiger partial charge in [0.05, 0.1) is 6.54 Å². The van der Waals surface area contributed by atoms with E-state index < -0.39 is 0 Å². The molecule has 106 valence electrons. The summed E-state index contributed by atoms with van der Waals surface area (Å²) in [6.45, 7) is 9.73. The summed E-state index contributed by atoms with van der Waals surface area (Å²) >= 11 is 0. The molecule has 3 heteroatoms. The van der Waals surface area contributed by atoms with Gasteiger partial charge in [0.25, 0.3) is 0 Å². The van der Waals surface area contributed by atoms with Crippen molar-refractivity contribution < 1.29 is 4.79 Å². The van der Waals surface area contributed by atoms with E-state index in [9.17, 15) is 4.79 Å². The minimum Gasteiger partial charge on any atom is -0.324 e. The predicted octanol–water partition coefficient (Wildman–Crippen LogP) is 3.28. The first kappa shape index (κ1) is 15.7. The van der Waals surface area contributed by atoms with Crippen molar-refractivity contribution in [1.29, 1.82) is 0 Å². The quantitative estimate of drug-likeness (QED) is 0.853. The first-order chi connectivity index (χ1) is 8.93. The molecule has 0 saturated heterocycles. The van der Waals surface area contributed by atoms with Crippen molar-refractivity contribution in [3.63, 3.8) is 0 Å². The Morgan fingerprint density at radius 3 is 2.32 bits per heavy atom. The third-order valence-corrected chi connectivity index (χ3v) is 3.25. The van der Waals surface area contributed by atoms with Gasteiger partial charge in [-0.25, -0.2) is 0 Å². The lowest BCUT2D eigenvalue weighted by Gasteiger charge is -2.17. The number of hydrogen-bond donors (Lipinski definition) is 1.